The maximum Gasteiger partial charge on any atom is 0.111 e. The number of hydrogen-bond donors (Lipinski definition) is 13. The van der Waals surface area contributed by atoms with Crippen LogP contribution < -0.4 is 16.0 Å². The van der Waals surface area contributed by atoms with Gasteiger partial charge in [0.2, 0.25) is 0 Å². The molecule has 32 heavy (non-hydrogen) atoms. The summed E-state index contributed by atoms with van der Waals surface area (Å²) >= 11 is 0. The predicted molar refractivity (Wildman–Crippen MR) is 119 cm³/mol. The summed E-state index contributed by atoms with van der Waals surface area (Å²) in [5, 5.41) is 98.0. The maximum absolute atomic E-state index is 9.21. The summed E-state index contributed by atoms with van der Waals surface area (Å²) in [6.07, 6.45) is -8.70. The molecule has 0 aliphatic heterocycles. The highest BCUT2D eigenvalue weighted by atomic mass is 16.4. The summed E-state index contributed by atoms with van der Waals surface area (Å²) in [5.74, 6) is 0. The number of likely N-dealkylation sites (N-methyl/N-ethyl adjacent to an activating group) is 2. The van der Waals surface area contributed by atoms with Gasteiger partial charge >= 0.3 is 0 Å². The quantitative estimate of drug-likeness (QED) is 0.0985. The summed E-state index contributed by atoms with van der Waals surface area (Å²) in [5.41, 5.74) is 0. The second-order valence-electron chi connectivity index (χ2n) is 7.17. The lowest BCUT2D eigenvalue weighted by Gasteiger charge is -2.25. The van der Waals surface area contributed by atoms with Crippen LogP contribution in [0.4, 0.5) is 0 Å². The molecule has 0 spiro atoms. The minimum absolute atomic E-state index is 0.0936. The van der Waals surface area contributed by atoms with Crippen molar-refractivity contribution in [3.8, 4) is 0 Å². The van der Waals surface area contributed by atoms with Gasteiger partial charge in [-0.2, -0.15) is 0 Å². The molecule has 0 unspecified atom stereocenters. The highest BCUT2D eigenvalue weighted by Gasteiger charge is 2.30. The van der Waals surface area contributed by atoms with Crippen molar-refractivity contribution < 1.29 is 51.1 Å². The lowest BCUT2D eigenvalue weighted by Crippen LogP contribution is -2.48. The van der Waals surface area contributed by atoms with Gasteiger partial charge in [0.1, 0.15) is 36.6 Å². The Morgan fingerprint density at radius 3 is 1.03 bits per heavy atom. The molecule has 0 rings (SSSR count). The molecule has 0 aromatic carbocycles. The predicted octanol–water partition coefficient (Wildman–Crippen LogP) is -5.71. The van der Waals surface area contributed by atoms with Gasteiger partial charge < -0.3 is 67.0 Å². The first-order valence-electron chi connectivity index (χ1n) is 10.6. The molecule has 0 saturated carbocycles. The van der Waals surface area contributed by atoms with E-state index in [9.17, 15) is 10.2 Å². The van der Waals surface area contributed by atoms with Gasteiger partial charge in [0, 0.05) is 13.1 Å². The van der Waals surface area contributed by atoms with Crippen molar-refractivity contribution in [2.24, 2.45) is 0 Å². The van der Waals surface area contributed by atoms with E-state index in [1.807, 2.05) is 7.05 Å². The van der Waals surface area contributed by atoms with Crippen LogP contribution in [-0.2, 0) is 0 Å². The zero-order valence-electron chi connectivity index (χ0n) is 19.5. The average Bonchev–Trinajstić information content (AvgIpc) is 2.80. The van der Waals surface area contributed by atoms with Crippen LogP contribution in [0.3, 0.4) is 0 Å². The van der Waals surface area contributed by atoms with Crippen molar-refractivity contribution in [1.29, 1.82) is 0 Å². The van der Waals surface area contributed by atoms with Crippen LogP contribution in [0.15, 0.2) is 0 Å². The van der Waals surface area contributed by atoms with Crippen molar-refractivity contribution in [3.63, 3.8) is 0 Å². The molecule has 13 nitrogen and oxygen atoms in total. The third kappa shape index (κ3) is 18.0. The van der Waals surface area contributed by atoms with Crippen molar-refractivity contribution in [2.75, 3.05) is 54.0 Å². The van der Waals surface area contributed by atoms with Crippen LogP contribution in [0, 0.1) is 0 Å². The summed E-state index contributed by atoms with van der Waals surface area (Å²) < 4.78 is 0. The Balaban J connectivity index is -0.000000422. The molecule has 0 amide bonds. The second kappa shape index (κ2) is 23.6. The lowest BCUT2D eigenvalue weighted by molar-refractivity contribution is -0.113. The molecule has 0 aliphatic rings. The molecule has 8 atom stereocenters. The molecule has 13 N–H and O–H groups in total. The molecule has 0 bridgehead atoms. The lowest BCUT2D eigenvalue weighted by atomic mass is 10.0. The Bertz CT molecular complexity index is 353. The standard InChI is InChI=1S/2C7H17NO5.C5H13N/c2*1-8-2-4(10)6(12)7(13)5(11)3-9;1-3-4-5-6-2/h2*4-13H,2-3H2,1H3;6H,3-5H2,1-2H3/t2*4-,5+,6+,7+;/m00./s1. The second-order valence-corrected chi connectivity index (χ2v) is 7.17. The first-order valence-corrected chi connectivity index (χ1v) is 10.6. The Labute approximate surface area is 190 Å². The third-order valence-electron chi connectivity index (χ3n) is 4.26. The smallest absolute Gasteiger partial charge is 0.111 e. The van der Waals surface area contributed by atoms with Crippen LogP contribution in [0.5, 0.6) is 0 Å². The van der Waals surface area contributed by atoms with Crippen molar-refractivity contribution in [2.45, 2.75) is 68.6 Å². The van der Waals surface area contributed by atoms with Crippen molar-refractivity contribution in [3.05, 3.63) is 0 Å². The van der Waals surface area contributed by atoms with Crippen molar-refractivity contribution in [1.82, 2.24) is 16.0 Å². The third-order valence-corrected chi connectivity index (χ3v) is 4.26. The molecular weight excluding hydrogens is 430 g/mol. The van der Waals surface area contributed by atoms with Gasteiger partial charge in [0.25, 0.3) is 0 Å². The van der Waals surface area contributed by atoms with Crippen LogP contribution in [0.2, 0.25) is 0 Å². The van der Waals surface area contributed by atoms with E-state index in [0.717, 1.165) is 6.54 Å². The Hall–Kier alpha value is -0.520. The van der Waals surface area contributed by atoms with E-state index in [1.165, 1.54) is 12.8 Å². The van der Waals surface area contributed by atoms with Gasteiger partial charge in [0.05, 0.1) is 25.4 Å². The maximum atomic E-state index is 9.21. The zero-order chi connectivity index (χ0) is 25.7. The summed E-state index contributed by atoms with van der Waals surface area (Å²) in [6, 6.07) is 0. The van der Waals surface area contributed by atoms with E-state index in [1.54, 1.807) is 14.1 Å². The van der Waals surface area contributed by atoms with Gasteiger partial charge in [-0.05, 0) is 34.1 Å². The molecule has 0 heterocycles. The average molecular weight is 478 g/mol. The number of aliphatic hydroxyl groups excluding tert-OH is 10. The minimum Gasteiger partial charge on any atom is -0.394 e. The van der Waals surface area contributed by atoms with E-state index < -0.39 is 62.0 Å². The summed E-state index contributed by atoms with van der Waals surface area (Å²) in [4.78, 5) is 0. The molecular formula is C19H47N3O10. The number of nitrogens with one attached hydrogen (secondary N) is 3. The zero-order valence-corrected chi connectivity index (χ0v) is 19.5. The normalized spacial score (nSPS) is 18.6. The van der Waals surface area contributed by atoms with E-state index in [-0.39, 0.29) is 13.1 Å². The Morgan fingerprint density at radius 1 is 0.531 bits per heavy atom. The van der Waals surface area contributed by atoms with Gasteiger partial charge in [0.15, 0.2) is 0 Å². The summed E-state index contributed by atoms with van der Waals surface area (Å²) in [7, 11) is 5.13. The summed E-state index contributed by atoms with van der Waals surface area (Å²) in [6.45, 7) is 2.22. The van der Waals surface area contributed by atoms with Gasteiger partial charge in [-0.15, -0.1) is 0 Å². The van der Waals surface area contributed by atoms with Gasteiger partial charge in [-0.1, -0.05) is 13.3 Å². The molecule has 0 aliphatic carbocycles. The fraction of sp³-hybridized carbons (Fsp3) is 1.00. The topological polar surface area (TPSA) is 238 Å². The minimum atomic E-state index is -1.55. The number of unbranched alkanes of at least 4 members (excludes halogenated alkanes) is 1. The van der Waals surface area contributed by atoms with E-state index in [4.69, 9.17) is 40.9 Å². The number of hydrogen-bond acceptors (Lipinski definition) is 13. The Morgan fingerprint density at radius 2 is 0.844 bits per heavy atom. The monoisotopic (exact) mass is 477 g/mol. The highest BCUT2D eigenvalue weighted by molar-refractivity contribution is 4.82. The van der Waals surface area contributed by atoms with Crippen LogP contribution in [0.1, 0.15) is 19.8 Å². The first kappa shape index (κ1) is 36.1. The fourth-order valence-corrected chi connectivity index (χ4v) is 2.14. The molecule has 0 aromatic heterocycles. The van der Waals surface area contributed by atoms with Crippen molar-refractivity contribution >= 4 is 0 Å². The Kier molecular flexibility index (Phi) is 26.6. The highest BCUT2D eigenvalue weighted by Crippen LogP contribution is 2.05. The van der Waals surface area contributed by atoms with E-state index in [2.05, 4.69) is 22.9 Å². The number of aliphatic hydroxyl groups is 10. The van der Waals surface area contributed by atoms with E-state index in [0.29, 0.717) is 0 Å². The molecule has 0 aromatic rings. The number of rotatable bonds is 15. The van der Waals surface area contributed by atoms with Crippen LogP contribution >= 0.6 is 0 Å². The van der Waals surface area contributed by atoms with Gasteiger partial charge in [-0.25, -0.2) is 0 Å². The van der Waals surface area contributed by atoms with Crippen LogP contribution in [-0.4, -0.2) is 154 Å². The first-order chi connectivity index (χ1) is 15.0. The van der Waals surface area contributed by atoms with Crippen LogP contribution in [0.25, 0.3) is 0 Å². The van der Waals surface area contributed by atoms with Gasteiger partial charge in [-0.3, -0.25) is 0 Å². The SMILES string of the molecule is CCCCNC.CNC[C@H](O)[C@@H](O)[C@H](O)[C@H](O)CO.CNC[C@H](O)[C@@H](O)[C@H](O)[C@H](O)CO. The molecule has 13 heteroatoms. The molecule has 0 fully saturated rings. The largest absolute Gasteiger partial charge is 0.394 e. The molecule has 0 radical (unpaired) electrons. The molecule has 198 valence electrons. The fourth-order valence-electron chi connectivity index (χ4n) is 2.14. The van der Waals surface area contributed by atoms with E-state index >= 15 is 0 Å². The molecule has 0 saturated heterocycles.